The van der Waals surface area contributed by atoms with Crippen molar-refractivity contribution in [2.45, 2.75) is 19.5 Å². The van der Waals surface area contributed by atoms with Crippen molar-refractivity contribution in [3.63, 3.8) is 0 Å². The van der Waals surface area contributed by atoms with Crippen LogP contribution in [0.2, 0.25) is 0 Å². The molecule has 10 heavy (non-hydrogen) atoms. The van der Waals surface area contributed by atoms with Crippen molar-refractivity contribution in [1.29, 1.82) is 0 Å². The van der Waals surface area contributed by atoms with E-state index in [9.17, 15) is 18.0 Å². The third kappa shape index (κ3) is 4.17. The first kappa shape index (κ1) is 9.26. The first-order valence-corrected chi connectivity index (χ1v) is 2.63. The smallest absolute Gasteiger partial charge is 0.340 e. The summed E-state index contributed by atoms with van der Waals surface area (Å²) >= 11 is 0. The van der Waals surface area contributed by atoms with E-state index in [4.69, 9.17) is 0 Å². The minimum Gasteiger partial charge on any atom is -0.457 e. The Balaban J connectivity index is 3.40. The van der Waals surface area contributed by atoms with E-state index < -0.39 is 25.2 Å². The van der Waals surface area contributed by atoms with Gasteiger partial charge in [0, 0.05) is 0 Å². The van der Waals surface area contributed by atoms with Gasteiger partial charge in [0.25, 0.3) is 6.43 Å². The summed E-state index contributed by atoms with van der Waals surface area (Å²) < 4.78 is 38.1. The van der Waals surface area contributed by atoms with E-state index in [1.807, 2.05) is 0 Å². The molecule has 0 heterocycles. The zero-order valence-electron chi connectivity index (χ0n) is 5.31. The molecule has 60 valence electrons. The highest BCUT2D eigenvalue weighted by Gasteiger charge is 2.14. The van der Waals surface area contributed by atoms with Crippen molar-refractivity contribution in [2.75, 3.05) is 6.61 Å². The molecule has 0 rings (SSSR count). The van der Waals surface area contributed by atoms with E-state index >= 15 is 0 Å². The SMILES string of the molecule is CC(F)C(=O)OCC(F)F. The molecule has 0 aromatic rings. The molecule has 0 spiro atoms. The van der Waals surface area contributed by atoms with Crippen molar-refractivity contribution in [2.24, 2.45) is 0 Å². The molecule has 0 aromatic carbocycles. The summed E-state index contributed by atoms with van der Waals surface area (Å²) in [7, 11) is 0. The lowest BCUT2D eigenvalue weighted by atomic mass is 10.4. The fraction of sp³-hybridized carbons (Fsp3) is 0.800. The minimum absolute atomic E-state index is 0.924. The standard InChI is InChI=1S/C5H7F3O2/c1-3(6)5(9)10-2-4(7)8/h3-4H,2H2,1H3. The van der Waals surface area contributed by atoms with Gasteiger partial charge in [-0.1, -0.05) is 0 Å². The van der Waals surface area contributed by atoms with Gasteiger partial charge in [0.05, 0.1) is 0 Å². The molecule has 0 fully saturated rings. The molecule has 1 atom stereocenters. The molecule has 2 nitrogen and oxygen atoms in total. The van der Waals surface area contributed by atoms with Crippen LogP contribution in [-0.4, -0.2) is 25.2 Å². The molecule has 0 bridgehead atoms. The van der Waals surface area contributed by atoms with Gasteiger partial charge in [-0.25, -0.2) is 18.0 Å². The summed E-state index contributed by atoms with van der Waals surface area (Å²) in [5.41, 5.74) is 0. The Morgan fingerprint density at radius 2 is 2.00 bits per heavy atom. The third-order valence-corrected chi connectivity index (χ3v) is 0.676. The fourth-order valence-electron chi connectivity index (χ4n) is 0.260. The van der Waals surface area contributed by atoms with Crippen molar-refractivity contribution in [3.8, 4) is 0 Å². The molecule has 1 unspecified atom stereocenters. The number of carbonyl (C=O) groups excluding carboxylic acids is 1. The number of carbonyl (C=O) groups is 1. The molecule has 0 radical (unpaired) electrons. The van der Waals surface area contributed by atoms with Crippen LogP contribution in [0.5, 0.6) is 0 Å². The average molecular weight is 156 g/mol. The van der Waals surface area contributed by atoms with E-state index in [1.54, 1.807) is 0 Å². The molecule has 0 aromatic heterocycles. The lowest BCUT2D eigenvalue weighted by Gasteiger charge is -2.02. The number of hydrogen-bond acceptors (Lipinski definition) is 2. The normalized spacial score (nSPS) is 13.3. The molecule has 0 saturated carbocycles. The van der Waals surface area contributed by atoms with Gasteiger partial charge in [-0.3, -0.25) is 0 Å². The summed E-state index contributed by atoms with van der Waals surface area (Å²) in [5.74, 6) is -1.25. The van der Waals surface area contributed by atoms with Crippen LogP contribution in [0.15, 0.2) is 0 Å². The third-order valence-electron chi connectivity index (χ3n) is 0.676. The molecular formula is C5H7F3O2. The summed E-state index contributed by atoms with van der Waals surface area (Å²) in [5, 5.41) is 0. The average Bonchev–Trinajstić information content (AvgIpc) is 1.82. The van der Waals surface area contributed by atoms with Gasteiger partial charge in [-0.2, -0.15) is 0 Å². The van der Waals surface area contributed by atoms with Crippen molar-refractivity contribution in [3.05, 3.63) is 0 Å². The lowest BCUT2D eigenvalue weighted by Crippen LogP contribution is -2.18. The number of alkyl halides is 3. The van der Waals surface area contributed by atoms with Crippen LogP contribution in [0.3, 0.4) is 0 Å². The Morgan fingerprint density at radius 3 is 2.30 bits per heavy atom. The maximum absolute atomic E-state index is 11.8. The van der Waals surface area contributed by atoms with Crippen LogP contribution < -0.4 is 0 Å². The second kappa shape index (κ2) is 4.14. The topological polar surface area (TPSA) is 26.3 Å². The molecule has 0 N–H and O–H groups in total. The van der Waals surface area contributed by atoms with E-state index in [1.165, 1.54) is 0 Å². The summed E-state index contributed by atoms with van der Waals surface area (Å²) in [6, 6.07) is 0. The van der Waals surface area contributed by atoms with Crippen LogP contribution in [-0.2, 0) is 9.53 Å². The van der Waals surface area contributed by atoms with Gasteiger partial charge in [-0.15, -0.1) is 0 Å². The Bertz CT molecular complexity index is 113. The summed E-state index contributed by atoms with van der Waals surface area (Å²) in [6.07, 6.45) is -4.57. The first-order chi connectivity index (χ1) is 4.54. The number of hydrogen-bond donors (Lipinski definition) is 0. The Morgan fingerprint density at radius 1 is 1.50 bits per heavy atom. The highest BCUT2D eigenvalue weighted by atomic mass is 19.3. The van der Waals surface area contributed by atoms with Crippen LogP contribution in [0, 0.1) is 0 Å². The Labute approximate surface area is 56.0 Å². The predicted molar refractivity (Wildman–Crippen MR) is 27.5 cm³/mol. The van der Waals surface area contributed by atoms with Crippen molar-refractivity contribution < 1.29 is 22.7 Å². The van der Waals surface area contributed by atoms with Crippen LogP contribution in [0.25, 0.3) is 0 Å². The number of esters is 1. The molecule has 5 heteroatoms. The van der Waals surface area contributed by atoms with E-state index in [0.717, 1.165) is 6.92 Å². The first-order valence-electron chi connectivity index (χ1n) is 2.63. The maximum atomic E-state index is 11.8. The summed E-state index contributed by atoms with van der Waals surface area (Å²) in [6.45, 7) is -0.110. The highest BCUT2D eigenvalue weighted by Crippen LogP contribution is 1.97. The molecule has 0 aliphatic heterocycles. The quantitative estimate of drug-likeness (QED) is 0.573. The van der Waals surface area contributed by atoms with E-state index in [-0.39, 0.29) is 0 Å². The molecule has 0 amide bonds. The van der Waals surface area contributed by atoms with Gasteiger partial charge in [-0.05, 0) is 6.92 Å². The zero-order chi connectivity index (χ0) is 8.15. The van der Waals surface area contributed by atoms with Gasteiger partial charge in [0.15, 0.2) is 12.8 Å². The number of halogens is 3. The van der Waals surface area contributed by atoms with Gasteiger partial charge in [0.1, 0.15) is 0 Å². The van der Waals surface area contributed by atoms with Gasteiger partial charge < -0.3 is 4.74 Å². The van der Waals surface area contributed by atoms with Crippen molar-refractivity contribution >= 4 is 5.97 Å². The van der Waals surface area contributed by atoms with Gasteiger partial charge >= 0.3 is 5.97 Å². The second-order valence-corrected chi connectivity index (χ2v) is 1.64. The molecule has 0 aliphatic carbocycles. The molecular weight excluding hydrogens is 149 g/mol. The molecule has 0 aliphatic rings. The van der Waals surface area contributed by atoms with Gasteiger partial charge in [0.2, 0.25) is 0 Å². The van der Waals surface area contributed by atoms with E-state index in [2.05, 4.69) is 4.74 Å². The molecule has 0 saturated heterocycles. The van der Waals surface area contributed by atoms with Crippen LogP contribution in [0.4, 0.5) is 13.2 Å². The van der Waals surface area contributed by atoms with Crippen molar-refractivity contribution in [1.82, 2.24) is 0 Å². The predicted octanol–water partition coefficient (Wildman–Crippen LogP) is 1.15. The lowest BCUT2D eigenvalue weighted by molar-refractivity contribution is -0.152. The monoisotopic (exact) mass is 156 g/mol. The van der Waals surface area contributed by atoms with Crippen LogP contribution in [0.1, 0.15) is 6.92 Å². The summed E-state index contributed by atoms with van der Waals surface area (Å²) in [4.78, 5) is 10.1. The Hall–Kier alpha value is -0.740. The largest absolute Gasteiger partial charge is 0.457 e. The van der Waals surface area contributed by atoms with E-state index in [0.29, 0.717) is 0 Å². The number of rotatable bonds is 3. The highest BCUT2D eigenvalue weighted by molar-refractivity contribution is 5.73. The minimum atomic E-state index is -2.73. The second-order valence-electron chi connectivity index (χ2n) is 1.64. The Kier molecular flexibility index (Phi) is 3.83. The van der Waals surface area contributed by atoms with Crippen LogP contribution >= 0.6 is 0 Å². The zero-order valence-corrected chi connectivity index (χ0v) is 5.31. The number of ether oxygens (including phenoxy) is 1. The fourth-order valence-corrected chi connectivity index (χ4v) is 0.260. The maximum Gasteiger partial charge on any atom is 0.340 e.